The summed E-state index contributed by atoms with van der Waals surface area (Å²) in [6.07, 6.45) is 0. The van der Waals surface area contributed by atoms with Crippen molar-refractivity contribution in [1.29, 1.82) is 0 Å². The molecule has 0 heterocycles. The Hall–Kier alpha value is -1.95. The van der Waals surface area contributed by atoms with Gasteiger partial charge in [0.15, 0.2) is 18.1 Å². The minimum Gasteiger partial charge on any atom is -0.493 e. The summed E-state index contributed by atoms with van der Waals surface area (Å²) < 4.78 is 15.3. The summed E-state index contributed by atoms with van der Waals surface area (Å²) in [5.74, 6) is 0.763. The Morgan fingerprint density at radius 3 is 2.78 bits per heavy atom. The van der Waals surface area contributed by atoms with E-state index in [1.165, 1.54) is 7.11 Å². The number of methoxy groups -OCH3 is 2. The number of carbonyl (C=O) groups is 1. The molecule has 6 nitrogen and oxygen atoms in total. The van der Waals surface area contributed by atoms with Crippen LogP contribution in [0.3, 0.4) is 0 Å². The van der Waals surface area contributed by atoms with Gasteiger partial charge in [-0.1, -0.05) is 0 Å². The van der Waals surface area contributed by atoms with Gasteiger partial charge >= 0.3 is 0 Å². The number of anilines is 1. The smallest absolute Gasteiger partial charge is 0.258 e. The summed E-state index contributed by atoms with van der Waals surface area (Å²) >= 11 is 0. The largest absolute Gasteiger partial charge is 0.493 e. The van der Waals surface area contributed by atoms with E-state index in [2.05, 4.69) is 5.32 Å². The Labute approximate surface area is 106 Å². The topological polar surface area (TPSA) is 82.8 Å². The van der Waals surface area contributed by atoms with E-state index in [9.17, 15) is 4.79 Å². The van der Waals surface area contributed by atoms with Crippen LogP contribution < -0.4 is 20.5 Å². The molecule has 0 unspecified atom stereocenters. The molecule has 0 fully saturated rings. The van der Waals surface area contributed by atoms with Crippen molar-refractivity contribution in [3.05, 3.63) is 18.2 Å². The summed E-state index contributed by atoms with van der Waals surface area (Å²) in [6, 6.07) is 4.98. The van der Waals surface area contributed by atoms with Gasteiger partial charge in [-0.2, -0.15) is 0 Å². The third kappa shape index (κ3) is 4.50. The SMILES string of the molecule is COCCNC(=O)COc1ccc(N)cc1OC. The summed E-state index contributed by atoms with van der Waals surface area (Å²) in [6.45, 7) is 0.846. The minimum absolute atomic E-state index is 0.0794. The van der Waals surface area contributed by atoms with Gasteiger partial charge in [-0.3, -0.25) is 4.79 Å². The normalized spacial score (nSPS) is 9.89. The van der Waals surface area contributed by atoms with Crippen LogP contribution in [0.15, 0.2) is 18.2 Å². The Balaban J connectivity index is 2.45. The molecule has 100 valence electrons. The van der Waals surface area contributed by atoms with Gasteiger partial charge in [-0.05, 0) is 12.1 Å². The number of ether oxygens (including phenoxy) is 3. The van der Waals surface area contributed by atoms with Crippen LogP contribution in [0.2, 0.25) is 0 Å². The molecular weight excluding hydrogens is 236 g/mol. The fraction of sp³-hybridized carbons (Fsp3) is 0.417. The molecule has 0 saturated heterocycles. The first-order chi connectivity index (χ1) is 8.67. The number of carbonyl (C=O) groups excluding carboxylic acids is 1. The summed E-state index contributed by atoms with van der Waals surface area (Å²) in [5, 5.41) is 2.65. The highest BCUT2D eigenvalue weighted by atomic mass is 16.5. The van der Waals surface area contributed by atoms with Gasteiger partial charge in [0.1, 0.15) is 0 Å². The van der Waals surface area contributed by atoms with E-state index in [-0.39, 0.29) is 12.5 Å². The van der Waals surface area contributed by atoms with Gasteiger partial charge in [0, 0.05) is 25.4 Å². The quantitative estimate of drug-likeness (QED) is 0.544. The first-order valence-electron chi connectivity index (χ1n) is 5.49. The average Bonchev–Trinajstić information content (AvgIpc) is 2.37. The number of hydrogen-bond acceptors (Lipinski definition) is 5. The van der Waals surface area contributed by atoms with Crippen LogP contribution >= 0.6 is 0 Å². The highest BCUT2D eigenvalue weighted by molar-refractivity contribution is 5.77. The maximum absolute atomic E-state index is 11.4. The molecule has 3 N–H and O–H groups in total. The summed E-state index contributed by atoms with van der Waals surface area (Å²) in [5.41, 5.74) is 6.18. The van der Waals surface area contributed by atoms with Crippen molar-refractivity contribution in [1.82, 2.24) is 5.32 Å². The molecule has 0 bridgehead atoms. The Morgan fingerprint density at radius 1 is 1.33 bits per heavy atom. The van der Waals surface area contributed by atoms with Crippen LogP contribution in [0.1, 0.15) is 0 Å². The molecule has 0 spiro atoms. The van der Waals surface area contributed by atoms with Gasteiger partial charge < -0.3 is 25.3 Å². The highest BCUT2D eigenvalue weighted by Crippen LogP contribution is 2.28. The van der Waals surface area contributed by atoms with E-state index >= 15 is 0 Å². The first kappa shape index (κ1) is 14.1. The molecule has 0 radical (unpaired) electrons. The maximum atomic E-state index is 11.4. The zero-order valence-corrected chi connectivity index (χ0v) is 10.6. The highest BCUT2D eigenvalue weighted by Gasteiger charge is 2.07. The lowest BCUT2D eigenvalue weighted by atomic mass is 10.3. The van der Waals surface area contributed by atoms with Gasteiger partial charge in [0.05, 0.1) is 13.7 Å². The molecular formula is C12H18N2O4. The fourth-order valence-corrected chi connectivity index (χ4v) is 1.29. The van der Waals surface area contributed by atoms with Gasteiger partial charge in [0.2, 0.25) is 0 Å². The molecule has 1 aromatic carbocycles. The predicted molar refractivity (Wildman–Crippen MR) is 67.8 cm³/mol. The number of rotatable bonds is 7. The molecule has 1 amide bonds. The zero-order valence-electron chi connectivity index (χ0n) is 10.6. The minimum atomic E-state index is -0.217. The maximum Gasteiger partial charge on any atom is 0.258 e. The Bertz CT molecular complexity index is 396. The fourth-order valence-electron chi connectivity index (χ4n) is 1.29. The van der Waals surface area contributed by atoms with Crippen LogP contribution in [-0.2, 0) is 9.53 Å². The second-order valence-electron chi connectivity index (χ2n) is 3.54. The molecule has 0 aliphatic carbocycles. The number of nitrogens with one attached hydrogen (secondary N) is 1. The van der Waals surface area contributed by atoms with E-state index in [4.69, 9.17) is 19.9 Å². The van der Waals surface area contributed by atoms with Gasteiger partial charge in [-0.25, -0.2) is 0 Å². The van der Waals surface area contributed by atoms with Crippen molar-refractivity contribution in [2.24, 2.45) is 0 Å². The molecule has 0 aromatic heterocycles. The lowest BCUT2D eigenvalue weighted by Crippen LogP contribution is -2.31. The van der Waals surface area contributed by atoms with E-state index in [1.54, 1.807) is 25.3 Å². The molecule has 0 atom stereocenters. The molecule has 1 aromatic rings. The van der Waals surface area contributed by atoms with E-state index in [1.807, 2.05) is 0 Å². The number of nitrogen functional groups attached to an aromatic ring is 1. The number of hydrogen-bond donors (Lipinski definition) is 2. The van der Waals surface area contributed by atoms with Crippen molar-refractivity contribution in [3.63, 3.8) is 0 Å². The molecule has 6 heteroatoms. The molecule has 1 rings (SSSR count). The third-order valence-electron chi connectivity index (χ3n) is 2.17. The Morgan fingerprint density at radius 2 is 2.11 bits per heavy atom. The standard InChI is InChI=1S/C12H18N2O4/c1-16-6-5-14-12(15)8-18-10-4-3-9(13)7-11(10)17-2/h3-4,7H,5-6,8,13H2,1-2H3,(H,14,15). The van der Waals surface area contributed by atoms with Crippen LogP contribution in [0, 0.1) is 0 Å². The lowest BCUT2D eigenvalue weighted by Gasteiger charge is -2.11. The van der Waals surface area contributed by atoms with Crippen LogP contribution in [0.25, 0.3) is 0 Å². The Kier molecular flexibility index (Phi) is 5.79. The van der Waals surface area contributed by atoms with E-state index in [0.717, 1.165) is 0 Å². The average molecular weight is 254 g/mol. The third-order valence-corrected chi connectivity index (χ3v) is 2.17. The van der Waals surface area contributed by atoms with E-state index < -0.39 is 0 Å². The second-order valence-corrected chi connectivity index (χ2v) is 3.54. The summed E-state index contributed by atoms with van der Waals surface area (Å²) in [7, 11) is 3.09. The van der Waals surface area contributed by atoms with Crippen molar-refractivity contribution in [2.45, 2.75) is 0 Å². The molecule has 0 aliphatic heterocycles. The van der Waals surface area contributed by atoms with Crippen molar-refractivity contribution in [3.8, 4) is 11.5 Å². The van der Waals surface area contributed by atoms with Gasteiger partial charge in [-0.15, -0.1) is 0 Å². The van der Waals surface area contributed by atoms with Crippen molar-refractivity contribution >= 4 is 11.6 Å². The van der Waals surface area contributed by atoms with Crippen LogP contribution in [-0.4, -0.2) is 39.9 Å². The monoisotopic (exact) mass is 254 g/mol. The number of benzene rings is 1. The summed E-state index contributed by atoms with van der Waals surface area (Å²) in [4.78, 5) is 11.4. The number of nitrogens with two attached hydrogens (primary N) is 1. The number of amides is 1. The molecule has 0 saturated carbocycles. The van der Waals surface area contributed by atoms with Crippen LogP contribution in [0.4, 0.5) is 5.69 Å². The van der Waals surface area contributed by atoms with Gasteiger partial charge in [0.25, 0.3) is 5.91 Å². The molecule has 0 aliphatic rings. The lowest BCUT2D eigenvalue weighted by molar-refractivity contribution is -0.123. The first-order valence-corrected chi connectivity index (χ1v) is 5.49. The second kappa shape index (κ2) is 7.39. The van der Waals surface area contributed by atoms with Crippen molar-refractivity contribution < 1.29 is 19.0 Å². The van der Waals surface area contributed by atoms with Crippen molar-refractivity contribution in [2.75, 3.05) is 39.7 Å². The van der Waals surface area contributed by atoms with Crippen LogP contribution in [0.5, 0.6) is 11.5 Å². The van der Waals surface area contributed by atoms with E-state index in [0.29, 0.717) is 30.3 Å². The zero-order chi connectivity index (χ0) is 13.4. The predicted octanol–water partition coefficient (Wildman–Crippen LogP) is 0.419. The molecule has 18 heavy (non-hydrogen) atoms.